The van der Waals surface area contributed by atoms with Crippen LogP contribution in [0.1, 0.15) is 46.5 Å². The predicted molar refractivity (Wildman–Crippen MR) is 71.6 cm³/mol. The second-order valence-corrected chi connectivity index (χ2v) is 5.87. The second-order valence-electron chi connectivity index (χ2n) is 5.87. The van der Waals surface area contributed by atoms with Crippen LogP contribution in [0.25, 0.3) is 0 Å². The Bertz CT molecular complexity index is 297. The number of rotatable bonds is 5. The molecular weight excluding hydrogens is 231 g/mol. The molecule has 0 saturated carbocycles. The van der Waals surface area contributed by atoms with Crippen molar-refractivity contribution < 1.29 is 14.8 Å². The molecular formula is C12H25BN2O3. The summed E-state index contributed by atoms with van der Waals surface area (Å²) in [7, 11) is -1.47. The van der Waals surface area contributed by atoms with Crippen LogP contribution in [-0.2, 0) is 4.79 Å². The summed E-state index contributed by atoms with van der Waals surface area (Å²) in [4.78, 5) is 13.9. The van der Waals surface area contributed by atoms with E-state index in [1.54, 1.807) is 0 Å². The molecule has 0 radical (unpaired) electrons. The minimum Gasteiger partial charge on any atom is -0.426 e. The van der Waals surface area contributed by atoms with Crippen LogP contribution in [0.5, 0.6) is 0 Å². The zero-order valence-corrected chi connectivity index (χ0v) is 11.6. The quantitative estimate of drug-likeness (QED) is 0.611. The molecule has 4 N–H and O–H groups in total. The van der Waals surface area contributed by atoms with Crippen LogP contribution >= 0.6 is 0 Å². The molecule has 0 spiro atoms. The summed E-state index contributed by atoms with van der Waals surface area (Å²) in [6, 6.07) is -0.586. The average molecular weight is 256 g/mol. The first-order valence-electron chi connectivity index (χ1n) is 6.73. The van der Waals surface area contributed by atoms with Gasteiger partial charge in [-0.15, -0.1) is 0 Å². The second kappa shape index (κ2) is 6.04. The van der Waals surface area contributed by atoms with Gasteiger partial charge in [0.2, 0.25) is 5.91 Å². The lowest BCUT2D eigenvalue weighted by Gasteiger charge is -2.35. The molecule has 0 aliphatic carbocycles. The summed E-state index contributed by atoms with van der Waals surface area (Å²) >= 11 is 0. The number of hydrogen-bond acceptors (Lipinski definition) is 4. The first-order chi connectivity index (χ1) is 8.31. The van der Waals surface area contributed by atoms with Gasteiger partial charge in [0.05, 0.1) is 12.0 Å². The summed E-state index contributed by atoms with van der Waals surface area (Å²) < 4.78 is 0. The van der Waals surface area contributed by atoms with Crippen molar-refractivity contribution in [3.63, 3.8) is 0 Å². The lowest BCUT2D eigenvalue weighted by atomic mass is 9.76. The Morgan fingerprint density at radius 1 is 1.56 bits per heavy atom. The number of hydrogen-bond donors (Lipinski definition) is 3. The molecule has 1 rings (SSSR count). The van der Waals surface area contributed by atoms with E-state index < -0.39 is 19.1 Å². The average Bonchev–Trinajstić information content (AvgIpc) is 2.75. The van der Waals surface area contributed by atoms with Crippen LogP contribution in [0.2, 0.25) is 0 Å². The number of carbonyl (C=O) groups is 1. The first-order valence-corrected chi connectivity index (χ1v) is 6.73. The molecule has 0 unspecified atom stereocenters. The molecule has 0 aromatic heterocycles. The van der Waals surface area contributed by atoms with Crippen molar-refractivity contribution in [2.24, 2.45) is 11.1 Å². The Morgan fingerprint density at radius 2 is 2.17 bits per heavy atom. The molecule has 18 heavy (non-hydrogen) atoms. The van der Waals surface area contributed by atoms with Gasteiger partial charge in [0.15, 0.2) is 0 Å². The highest BCUT2D eigenvalue weighted by molar-refractivity contribution is 6.43. The van der Waals surface area contributed by atoms with Crippen molar-refractivity contribution in [3.8, 4) is 0 Å². The minimum absolute atomic E-state index is 0.163. The third-order valence-corrected chi connectivity index (χ3v) is 3.93. The molecule has 1 heterocycles. The van der Waals surface area contributed by atoms with Crippen LogP contribution in [0, 0.1) is 5.41 Å². The third kappa shape index (κ3) is 3.25. The first kappa shape index (κ1) is 15.5. The fourth-order valence-electron chi connectivity index (χ4n) is 2.69. The molecule has 1 amide bonds. The van der Waals surface area contributed by atoms with Gasteiger partial charge in [-0.3, -0.25) is 4.79 Å². The monoisotopic (exact) mass is 256 g/mol. The van der Waals surface area contributed by atoms with E-state index in [9.17, 15) is 14.8 Å². The molecule has 2 atom stereocenters. The summed E-state index contributed by atoms with van der Waals surface area (Å²) in [5.74, 6) is -0.662. The van der Waals surface area contributed by atoms with E-state index in [0.717, 1.165) is 19.3 Å². The van der Waals surface area contributed by atoms with Crippen molar-refractivity contribution >= 4 is 13.0 Å². The van der Waals surface area contributed by atoms with Gasteiger partial charge in [0.25, 0.3) is 0 Å². The molecule has 6 heteroatoms. The van der Waals surface area contributed by atoms with E-state index in [2.05, 4.69) is 6.92 Å². The number of carbonyl (C=O) groups excluding carboxylic acids is 1. The van der Waals surface area contributed by atoms with Gasteiger partial charge in [-0.25, -0.2) is 0 Å². The lowest BCUT2D eigenvalue weighted by molar-refractivity contribution is -0.135. The maximum absolute atomic E-state index is 12.4. The Hall–Kier alpha value is -0.585. The van der Waals surface area contributed by atoms with Crippen LogP contribution in [0.4, 0.5) is 0 Å². The van der Waals surface area contributed by atoms with Gasteiger partial charge in [0.1, 0.15) is 0 Å². The highest BCUT2D eigenvalue weighted by Gasteiger charge is 2.41. The maximum atomic E-state index is 12.4. The van der Waals surface area contributed by atoms with E-state index in [1.165, 1.54) is 4.90 Å². The molecule has 0 aromatic carbocycles. The summed E-state index contributed by atoms with van der Waals surface area (Å²) in [6.45, 7) is 6.60. The van der Waals surface area contributed by atoms with Crippen LogP contribution in [-0.4, -0.2) is 46.5 Å². The molecule has 5 nitrogen and oxygen atoms in total. The van der Waals surface area contributed by atoms with Crippen molar-refractivity contribution in [2.45, 2.75) is 58.4 Å². The van der Waals surface area contributed by atoms with Gasteiger partial charge < -0.3 is 20.7 Å². The van der Waals surface area contributed by atoms with Gasteiger partial charge in [0, 0.05) is 6.54 Å². The molecule has 0 bridgehead atoms. The summed E-state index contributed by atoms with van der Waals surface area (Å²) in [5, 5.41) is 18.6. The topological polar surface area (TPSA) is 86.8 Å². The standard InChI is InChI=1S/C12H25BN2O3/c1-4-7-12(2,3)10(14)11(16)15-8-5-6-9(15)13(17)18/h9-10,17-18H,4-8,14H2,1-3H3/t9-,10+/m0/s1. The lowest BCUT2D eigenvalue weighted by Crippen LogP contribution is -2.55. The number of nitrogens with two attached hydrogens (primary N) is 1. The molecule has 0 aromatic rings. The van der Waals surface area contributed by atoms with E-state index in [1.807, 2.05) is 13.8 Å². The Balaban J connectivity index is 2.74. The van der Waals surface area contributed by atoms with Crippen molar-refractivity contribution in [2.75, 3.05) is 6.54 Å². The van der Waals surface area contributed by atoms with E-state index >= 15 is 0 Å². The van der Waals surface area contributed by atoms with Crippen LogP contribution in [0.15, 0.2) is 0 Å². The third-order valence-electron chi connectivity index (χ3n) is 3.93. The maximum Gasteiger partial charge on any atom is 0.475 e. The number of amides is 1. The van der Waals surface area contributed by atoms with E-state index in [0.29, 0.717) is 13.0 Å². The van der Waals surface area contributed by atoms with Crippen LogP contribution < -0.4 is 5.73 Å². The zero-order valence-electron chi connectivity index (χ0n) is 11.6. The summed E-state index contributed by atoms with van der Waals surface area (Å²) in [6.07, 6.45) is 3.28. The van der Waals surface area contributed by atoms with Crippen molar-refractivity contribution in [1.29, 1.82) is 0 Å². The Morgan fingerprint density at radius 3 is 2.67 bits per heavy atom. The molecule has 104 valence electrons. The number of nitrogens with zero attached hydrogens (tertiary/aromatic N) is 1. The highest BCUT2D eigenvalue weighted by Crippen LogP contribution is 2.29. The molecule has 1 aliphatic heterocycles. The van der Waals surface area contributed by atoms with Gasteiger partial charge in [-0.1, -0.05) is 27.2 Å². The largest absolute Gasteiger partial charge is 0.475 e. The smallest absolute Gasteiger partial charge is 0.426 e. The normalized spacial score (nSPS) is 22.1. The van der Waals surface area contributed by atoms with Gasteiger partial charge in [-0.2, -0.15) is 0 Å². The zero-order chi connectivity index (χ0) is 13.9. The van der Waals surface area contributed by atoms with Crippen molar-refractivity contribution in [3.05, 3.63) is 0 Å². The van der Waals surface area contributed by atoms with Gasteiger partial charge >= 0.3 is 7.12 Å². The fraction of sp³-hybridized carbons (Fsp3) is 0.917. The fourth-order valence-corrected chi connectivity index (χ4v) is 2.69. The highest BCUT2D eigenvalue weighted by atomic mass is 16.4. The molecule has 1 saturated heterocycles. The van der Waals surface area contributed by atoms with E-state index in [4.69, 9.17) is 5.73 Å². The van der Waals surface area contributed by atoms with Crippen molar-refractivity contribution in [1.82, 2.24) is 4.90 Å². The molecule has 1 fully saturated rings. The Labute approximate surface area is 109 Å². The van der Waals surface area contributed by atoms with Gasteiger partial charge in [-0.05, 0) is 24.7 Å². The summed E-state index contributed by atoms with van der Waals surface area (Å²) in [5.41, 5.74) is 5.80. The Kier molecular flexibility index (Phi) is 5.19. The van der Waals surface area contributed by atoms with Crippen LogP contribution in [0.3, 0.4) is 0 Å². The van der Waals surface area contributed by atoms with E-state index in [-0.39, 0.29) is 11.3 Å². The number of likely N-dealkylation sites (tertiary alicyclic amines) is 1. The minimum atomic E-state index is -1.47. The molecule has 1 aliphatic rings. The predicted octanol–water partition coefficient (Wildman–Crippen LogP) is 0.143. The SMILES string of the molecule is CCCC(C)(C)[C@H](N)C(=O)N1CCC[C@H]1B(O)O.